The Hall–Kier alpha value is -4.39. The fourth-order valence-electron chi connectivity index (χ4n) is 4.04. The van der Waals surface area contributed by atoms with Gasteiger partial charge in [0.15, 0.2) is 17.3 Å². The molecule has 0 radical (unpaired) electrons. The Morgan fingerprint density at radius 2 is 1.40 bits per heavy atom. The summed E-state index contributed by atoms with van der Waals surface area (Å²) in [5.41, 5.74) is 2.88. The molecule has 1 aromatic heterocycles. The minimum absolute atomic E-state index is 0.214. The lowest BCUT2D eigenvalue weighted by atomic mass is 9.99. The number of furan rings is 1. The van der Waals surface area contributed by atoms with Gasteiger partial charge in [-0.3, -0.25) is 4.79 Å². The van der Waals surface area contributed by atoms with Crippen molar-refractivity contribution in [2.45, 2.75) is 53.2 Å². The predicted octanol–water partition coefficient (Wildman–Crippen LogP) is 8.00. The van der Waals surface area contributed by atoms with Crippen molar-refractivity contribution in [1.29, 1.82) is 0 Å². The van der Waals surface area contributed by atoms with Crippen molar-refractivity contribution >= 4 is 11.6 Å². The molecule has 7 heteroatoms. The Morgan fingerprint density at radius 1 is 0.750 bits per heavy atom. The molecule has 0 fully saturated rings. The Balaban J connectivity index is 1.26. The van der Waals surface area contributed by atoms with E-state index < -0.39 is 0 Å². The molecule has 0 saturated heterocycles. The molecule has 0 aliphatic heterocycles. The lowest BCUT2D eigenvalue weighted by molar-refractivity contribution is 0.0992. The monoisotopic (exact) mass is 543 g/mol. The number of ether oxygens (including phenoxy) is 4. The van der Waals surface area contributed by atoms with Gasteiger partial charge in [-0.25, -0.2) is 0 Å². The zero-order chi connectivity index (χ0) is 28.3. The second-order valence-electron chi connectivity index (χ2n) is 9.35. The largest absolute Gasteiger partial charge is 0.490 e. The van der Waals surface area contributed by atoms with Gasteiger partial charge in [-0.05, 0) is 98.0 Å². The molecule has 0 saturated carbocycles. The second-order valence-corrected chi connectivity index (χ2v) is 9.35. The van der Waals surface area contributed by atoms with Crippen LogP contribution in [0.25, 0.3) is 0 Å². The number of hydrogen-bond donors (Lipinski definition) is 1. The van der Waals surface area contributed by atoms with Gasteiger partial charge < -0.3 is 28.7 Å². The molecule has 1 amide bonds. The van der Waals surface area contributed by atoms with Crippen molar-refractivity contribution in [2.24, 2.45) is 0 Å². The maximum absolute atomic E-state index is 12.7. The van der Waals surface area contributed by atoms with Crippen LogP contribution in [0.1, 0.15) is 67.5 Å². The maximum Gasteiger partial charge on any atom is 0.291 e. The first kappa shape index (κ1) is 28.6. The van der Waals surface area contributed by atoms with E-state index in [1.807, 2.05) is 56.3 Å². The molecule has 40 heavy (non-hydrogen) atoms. The Kier molecular flexibility index (Phi) is 10.1. The molecule has 1 atom stereocenters. The molecule has 1 unspecified atom stereocenters. The third-order valence-electron chi connectivity index (χ3n) is 6.45. The van der Waals surface area contributed by atoms with E-state index in [-0.39, 0.29) is 18.3 Å². The van der Waals surface area contributed by atoms with E-state index in [1.54, 1.807) is 24.3 Å². The van der Waals surface area contributed by atoms with Crippen LogP contribution in [-0.2, 0) is 13.2 Å². The fraction of sp³-hybridized carbons (Fsp3) is 0.303. The number of amides is 1. The van der Waals surface area contributed by atoms with E-state index >= 15 is 0 Å². The number of carbonyl (C=O) groups is 1. The van der Waals surface area contributed by atoms with Gasteiger partial charge in [-0.15, -0.1) is 0 Å². The van der Waals surface area contributed by atoms with Gasteiger partial charge in [0.25, 0.3) is 5.91 Å². The van der Waals surface area contributed by atoms with E-state index in [2.05, 4.69) is 31.3 Å². The van der Waals surface area contributed by atoms with E-state index in [0.717, 1.165) is 23.5 Å². The number of rotatable bonds is 14. The Bertz CT molecular complexity index is 1360. The Labute approximate surface area is 236 Å². The van der Waals surface area contributed by atoms with Crippen LogP contribution in [-0.4, -0.2) is 19.1 Å². The molecular weight excluding hydrogens is 506 g/mol. The molecule has 4 rings (SSSR count). The van der Waals surface area contributed by atoms with Crippen LogP contribution in [0.5, 0.6) is 23.0 Å². The highest BCUT2D eigenvalue weighted by atomic mass is 16.5. The van der Waals surface area contributed by atoms with Gasteiger partial charge in [0, 0.05) is 5.69 Å². The minimum atomic E-state index is -0.337. The van der Waals surface area contributed by atoms with Crippen molar-refractivity contribution in [1.82, 2.24) is 0 Å². The van der Waals surface area contributed by atoms with Crippen LogP contribution in [0.2, 0.25) is 0 Å². The zero-order valence-corrected chi connectivity index (χ0v) is 23.6. The summed E-state index contributed by atoms with van der Waals surface area (Å²) in [5.74, 6) is 3.82. The van der Waals surface area contributed by atoms with Gasteiger partial charge in [0.05, 0.1) is 13.2 Å². The first-order chi connectivity index (χ1) is 19.5. The van der Waals surface area contributed by atoms with Crippen molar-refractivity contribution in [2.75, 3.05) is 18.5 Å². The molecule has 1 N–H and O–H groups in total. The average molecular weight is 544 g/mol. The number of anilines is 1. The van der Waals surface area contributed by atoms with Crippen molar-refractivity contribution in [3.05, 3.63) is 102 Å². The zero-order valence-electron chi connectivity index (χ0n) is 23.6. The third-order valence-corrected chi connectivity index (χ3v) is 6.45. The van der Waals surface area contributed by atoms with Gasteiger partial charge in [-0.2, -0.15) is 0 Å². The average Bonchev–Trinajstić information content (AvgIpc) is 3.46. The van der Waals surface area contributed by atoms with Crippen LogP contribution >= 0.6 is 0 Å². The topological polar surface area (TPSA) is 79.2 Å². The molecule has 1 heterocycles. The number of hydrogen-bond acceptors (Lipinski definition) is 6. The summed E-state index contributed by atoms with van der Waals surface area (Å²) in [6, 6.07) is 24.4. The predicted molar refractivity (Wildman–Crippen MR) is 156 cm³/mol. The third kappa shape index (κ3) is 7.82. The summed E-state index contributed by atoms with van der Waals surface area (Å²) in [5, 5.41) is 2.85. The second kappa shape index (κ2) is 14.1. The van der Waals surface area contributed by atoms with Crippen molar-refractivity contribution in [3.8, 4) is 23.0 Å². The first-order valence-corrected chi connectivity index (χ1v) is 13.7. The summed E-state index contributed by atoms with van der Waals surface area (Å²) in [6.07, 6.45) is 1.09. The molecule has 0 bridgehead atoms. The highest BCUT2D eigenvalue weighted by Crippen LogP contribution is 2.29. The molecular formula is C33H37NO6. The summed E-state index contributed by atoms with van der Waals surface area (Å²) >= 11 is 0. The summed E-state index contributed by atoms with van der Waals surface area (Å²) in [7, 11) is 0. The standard InChI is InChI=1S/C33H37NO6/c1-5-23(4)25-9-13-27(14-10-25)39-22-29-17-19-31(40-29)33(35)34-26-11-15-28(16-12-26)38-21-24-8-18-30(36-6-2)32(20-24)37-7-3/h8-20,23H,5-7,21-22H2,1-4H3,(H,34,35). The Morgan fingerprint density at radius 3 is 2.08 bits per heavy atom. The van der Waals surface area contributed by atoms with Crippen LogP contribution in [0.4, 0.5) is 5.69 Å². The van der Waals surface area contributed by atoms with Gasteiger partial charge in [0.1, 0.15) is 30.5 Å². The molecule has 0 aliphatic rings. The molecule has 3 aromatic carbocycles. The number of carbonyl (C=O) groups excluding carboxylic acids is 1. The van der Waals surface area contributed by atoms with Crippen molar-refractivity contribution < 1.29 is 28.2 Å². The first-order valence-electron chi connectivity index (χ1n) is 13.7. The van der Waals surface area contributed by atoms with Gasteiger partial charge in [-0.1, -0.05) is 32.0 Å². The van der Waals surface area contributed by atoms with Gasteiger partial charge in [0.2, 0.25) is 0 Å². The highest BCUT2D eigenvalue weighted by molar-refractivity contribution is 6.02. The quantitative estimate of drug-likeness (QED) is 0.174. The molecule has 0 spiro atoms. The summed E-state index contributed by atoms with van der Waals surface area (Å²) < 4.78 is 28.7. The summed E-state index contributed by atoms with van der Waals surface area (Å²) in [6.45, 7) is 9.99. The lowest BCUT2D eigenvalue weighted by Gasteiger charge is -2.13. The number of benzene rings is 3. The normalized spacial score (nSPS) is 11.5. The minimum Gasteiger partial charge on any atom is -0.490 e. The SMILES string of the molecule is CCOc1ccc(COc2ccc(NC(=O)c3ccc(COc4ccc(C(C)CC)cc4)o3)cc2)cc1OCC. The van der Waals surface area contributed by atoms with E-state index in [1.165, 1.54) is 5.56 Å². The van der Waals surface area contributed by atoms with E-state index in [0.29, 0.717) is 48.7 Å². The van der Waals surface area contributed by atoms with Gasteiger partial charge >= 0.3 is 0 Å². The smallest absolute Gasteiger partial charge is 0.291 e. The number of nitrogens with one attached hydrogen (secondary N) is 1. The summed E-state index contributed by atoms with van der Waals surface area (Å²) in [4.78, 5) is 12.7. The lowest BCUT2D eigenvalue weighted by Crippen LogP contribution is -2.10. The maximum atomic E-state index is 12.7. The van der Waals surface area contributed by atoms with Crippen LogP contribution in [0.3, 0.4) is 0 Å². The highest BCUT2D eigenvalue weighted by Gasteiger charge is 2.13. The molecule has 210 valence electrons. The van der Waals surface area contributed by atoms with Crippen LogP contribution in [0, 0.1) is 0 Å². The van der Waals surface area contributed by atoms with Crippen molar-refractivity contribution in [3.63, 3.8) is 0 Å². The molecule has 4 aromatic rings. The van der Waals surface area contributed by atoms with Crippen LogP contribution < -0.4 is 24.3 Å². The van der Waals surface area contributed by atoms with E-state index in [4.69, 9.17) is 23.4 Å². The van der Waals surface area contributed by atoms with Crippen LogP contribution in [0.15, 0.2) is 83.3 Å². The van der Waals surface area contributed by atoms with E-state index in [9.17, 15) is 4.79 Å². The fourth-order valence-corrected chi connectivity index (χ4v) is 4.04. The molecule has 0 aliphatic carbocycles. The molecule has 7 nitrogen and oxygen atoms in total.